The van der Waals surface area contributed by atoms with Gasteiger partial charge in [-0.25, -0.2) is 8.78 Å². The average molecular weight is 331 g/mol. The van der Waals surface area contributed by atoms with Gasteiger partial charge in [-0.3, -0.25) is 4.79 Å². The molecule has 1 amide bonds. The summed E-state index contributed by atoms with van der Waals surface area (Å²) in [6.07, 6.45) is 1.19. The maximum Gasteiger partial charge on any atom is 0.227 e. The van der Waals surface area contributed by atoms with Crippen LogP contribution in [0.15, 0.2) is 48.5 Å². The zero-order valence-electron chi connectivity index (χ0n) is 13.3. The fourth-order valence-electron chi connectivity index (χ4n) is 2.87. The number of amides is 1. The molecular weight excluding hydrogens is 312 g/mol. The zero-order chi connectivity index (χ0) is 16.9. The monoisotopic (exact) mass is 331 g/mol. The summed E-state index contributed by atoms with van der Waals surface area (Å²) in [6.45, 7) is 1.24. The van der Waals surface area contributed by atoms with Gasteiger partial charge in [0.25, 0.3) is 0 Å². The molecule has 0 aromatic heterocycles. The number of rotatable bonds is 5. The van der Waals surface area contributed by atoms with E-state index in [-0.39, 0.29) is 23.9 Å². The molecule has 1 saturated heterocycles. The second-order valence-corrected chi connectivity index (χ2v) is 5.98. The Balaban J connectivity index is 1.84. The number of ether oxygens (including phenoxy) is 1. The minimum Gasteiger partial charge on any atom is -0.381 e. The third-order valence-electron chi connectivity index (χ3n) is 4.19. The van der Waals surface area contributed by atoms with E-state index in [1.807, 2.05) is 18.2 Å². The maximum absolute atomic E-state index is 14.0. The van der Waals surface area contributed by atoms with E-state index in [2.05, 4.69) is 0 Å². The molecule has 1 atom stereocenters. The van der Waals surface area contributed by atoms with Gasteiger partial charge in [0, 0.05) is 30.9 Å². The maximum atomic E-state index is 14.0. The Morgan fingerprint density at radius 1 is 1.17 bits per heavy atom. The Morgan fingerprint density at radius 2 is 1.96 bits per heavy atom. The standard InChI is InChI=1S/C19H19F2NO2/c20-16-6-7-18(21)15(11-16)12-22(17-4-2-1-3-5-17)19(23)10-14-8-9-24-13-14/h1-7,11,14H,8-10,12-13H2/t14-/m0/s1. The van der Waals surface area contributed by atoms with E-state index < -0.39 is 11.6 Å². The molecule has 5 heteroatoms. The van der Waals surface area contributed by atoms with E-state index in [1.165, 1.54) is 4.90 Å². The quantitative estimate of drug-likeness (QED) is 0.831. The van der Waals surface area contributed by atoms with Gasteiger partial charge in [-0.05, 0) is 42.7 Å². The van der Waals surface area contributed by atoms with Gasteiger partial charge < -0.3 is 9.64 Å². The number of benzene rings is 2. The Hall–Kier alpha value is -2.27. The van der Waals surface area contributed by atoms with Gasteiger partial charge in [0.2, 0.25) is 5.91 Å². The second-order valence-electron chi connectivity index (χ2n) is 5.98. The van der Waals surface area contributed by atoms with E-state index in [9.17, 15) is 13.6 Å². The first-order chi connectivity index (χ1) is 11.6. The van der Waals surface area contributed by atoms with E-state index >= 15 is 0 Å². The van der Waals surface area contributed by atoms with Gasteiger partial charge in [-0.15, -0.1) is 0 Å². The fraction of sp³-hybridized carbons (Fsp3) is 0.316. The minimum atomic E-state index is -0.519. The molecule has 2 aromatic rings. The van der Waals surface area contributed by atoms with Gasteiger partial charge in [-0.1, -0.05) is 18.2 Å². The lowest BCUT2D eigenvalue weighted by atomic mass is 10.0. The van der Waals surface area contributed by atoms with Gasteiger partial charge in [0.1, 0.15) is 11.6 Å². The van der Waals surface area contributed by atoms with Crippen LogP contribution in [0.25, 0.3) is 0 Å². The van der Waals surface area contributed by atoms with Crippen LogP contribution < -0.4 is 4.90 Å². The number of hydrogen-bond acceptors (Lipinski definition) is 2. The smallest absolute Gasteiger partial charge is 0.227 e. The second kappa shape index (κ2) is 7.53. The molecule has 3 nitrogen and oxygen atoms in total. The Kier molecular flexibility index (Phi) is 5.20. The molecule has 0 saturated carbocycles. The van der Waals surface area contributed by atoms with Crippen molar-refractivity contribution in [3.05, 3.63) is 65.7 Å². The number of nitrogens with zero attached hydrogens (tertiary/aromatic N) is 1. The van der Waals surface area contributed by atoms with Crippen molar-refractivity contribution >= 4 is 11.6 Å². The first kappa shape index (κ1) is 16.6. The summed E-state index contributed by atoms with van der Waals surface area (Å²) in [6, 6.07) is 12.4. The molecular formula is C19H19F2NO2. The molecule has 0 spiro atoms. The molecule has 1 fully saturated rings. The summed E-state index contributed by atoms with van der Waals surface area (Å²) in [4.78, 5) is 14.3. The third-order valence-corrected chi connectivity index (χ3v) is 4.19. The summed E-state index contributed by atoms with van der Waals surface area (Å²) in [5.74, 6) is -0.966. The van der Waals surface area contributed by atoms with E-state index in [0.29, 0.717) is 25.3 Å². The van der Waals surface area contributed by atoms with Crippen molar-refractivity contribution in [3.63, 3.8) is 0 Å². The Morgan fingerprint density at radius 3 is 2.67 bits per heavy atom. The van der Waals surface area contributed by atoms with Crippen molar-refractivity contribution < 1.29 is 18.3 Å². The van der Waals surface area contributed by atoms with Crippen LogP contribution in [0.1, 0.15) is 18.4 Å². The number of anilines is 1. The summed E-state index contributed by atoms with van der Waals surface area (Å²) in [7, 11) is 0. The zero-order valence-corrected chi connectivity index (χ0v) is 13.3. The molecule has 0 aliphatic carbocycles. The number of para-hydroxylation sites is 1. The van der Waals surface area contributed by atoms with Crippen LogP contribution in [0.5, 0.6) is 0 Å². The highest BCUT2D eigenvalue weighted by Crippen LogP contribution is 2.24. The Labute approximate surface area is 139 Å². The summed E-state index contributed by atoms with van der Waals surface area (Å²) < 4.78 is 32.7. The average Bonchev–Trinajstić information content (AvgIpc) is 3.09. The van der Waals surface area contributed by atoms with Crippen molar-refractivity contribution in [1.29, 1.82) is 0 Å². The number of halogens is 2. The predicted molar refractivity (Wildman–Crippen MR) is 87.5 cm³/mol. The van der Waals surface area contributed by atoms with Gasteiger partial charge in [0.15, 0.2) is 0 Å². The van der Waals surface area contributed by atoms with Crippen LogP contribution in [0.4, 0.5) is 14.5 Å². The lowest BCUT2D eigenvalue weighted by Crippen LogP contribution is -2.32. The van der Waals surface area contributed by atoms with Gasteiger partial charge >= 0.3 is 0 Å². The van der Waals surface area contributed by atoms with Crippen molar-refractivity contribution in [2.75, 3.05) is 18.1 Å². The highest BCUT2D eigenvalue weighted by molar-refractivity contribution is 5.93. The lowest BCUT2D eigenvalue weighted by Gasteiger charge is -2.24. The molecule has 1 heterocycles. The largest absolute Gasteiger partial charge is 0.381 e. The molecule has 24 heavy (non-hydrogen) atoms. The first-order valence-corrected chi connectivity index (χ1v) is 8.00. The van der Waals surface area contributed by atoms with E-state index in [1.54, 1.807) is 12.1 Å². The highest BCUT2D eigenvalue weighted by Gasteiger charge is 2.24. The molecule has 0 radical (unpaired) electrons. The topological polar surface area (TPSA) is 29.5 Å². The predicted octanol–water partition coefficient (Wildman–Crippen LogP) is 3.92. The van der Waals surface area contributed by atoms with E-state index in [4.69, 9.17) is 4.74 Å². The molecule has 0 unspecified atom stereocenters. The minimum absolute atomic E-state index is 0.0000170. The number of carbonyl (C=O) groups excluding carboxylic acids is 1. The summed E-state index contributed by atoms with van der Waals surface area (Å²) in [5.41, 5.74) is 0.833. The molecule has 126 valence electrons. The molecule has 0 N–H and O–H groups in total. The fourth-order valence-corrected chi connectivity index (χ4v) is 2.87. The van der Waals surface area contributed by atoms with E-state index in [0.717, 1.165) is 24.6 Å². The lowest BCUT2D eigenvalue weighted by molar-refractivity contribution is -0.119. The molecule has 1 aliphatic heterocycles. The van der Waals surface area contributed by atoms with Crippen LogP contribution >= 0.6 is 0 Å². The third kappa shape index (κ3) is 3.97. The van der Waals surface area contributed by atoms with Crippen molar-refractivity contribution in [2.45, 2.75) is 19.4 Å². The van der Waals surface area contributed by atoms with Gasteiger partial charge in [-0.2, -0.15) is 0 Å². The van der Waals surface area contributed by atoms with Crippen LogP contribution in [0.3, 0.4) is 0 Å². The van der Waals surface area contributed by atoms with Crippen LogP contribution in [-0.2, 0) is 16.1 Å². The number of hydrogen-bond donors (Lipinski definition) is 0. The highest BCUT2D eigenvalue weighted by atomic mass is 19.1. The normalized spacial score (nSPS) is 17.0. The van der Waals surface area contributed by atoms with Crippen molar-refractivity contribution in [1.82, 2.24) is 0 Å². The SMILES string of the molecule is O=C(C[C@@H]1CCOC1)N(Cc1cc(F)ccc1F)c1ccccc1. The summed E-state index contributed by atoms with van der Waals surface area (Å²) in [5, 5.41) is 0. The summed E-state index contributed by atoms with van der Waals surface area (Å²) >= 11 is 0. The molecule has 1 aliphatic rings. The van der Waals surface area contributed by atoms with Crippen LogP contribution in [-0.4, -0.2) is 19.1 Å². The van der Waals surface area contributed by atoms with Crippen molar-refractivity contribution in [3.8, 4) is 0 Å². The Bertz CT molecular complexity index is 700. The first-order valence-electron chi connectivity index (χ1n) is 8.00. The van der Waals surface area contributed by atoms with Gasteiger partial charge in [0.05, 0.1) is 6.54 Å². The molecule has 0 bridgehead atoms. The number of carbonyl (C=O) groups is 1. The molecule has 2 aromatic carbocycles. The molecule has 3 rings (SSSR count). The van der Waals surface area contributed by atoms with Crippen LogP contribution in [0.2, 0.25) is 0 Å². The van der Waals surface area contributed by atoms with Crippen LogP contribution in [0, 0.1) is 17.6 Å². The van der Waals surface area contributed by atoms with Crippen molar-refractivity contribution in [2.24, 2.45) is 5.92 Å².